The normalized spacial score (nSPS) is 35.2. The molecule has 0 amide bonds. The predicted octanol–water partition coefficient (Wildman–Crippen LogP) is 9.38. The number of hydrazine groups is 1. The van der Waals surface area contributed by atoms with Gasteiger partial charge in [0.1, 0.15) is 11.8 Å². The molecule has 3 nitrogen and oxygen atoms in total. The van der Waals surface area contributed by atoms with Gasteiger partial charge in [-0.15, -0.1) is 0 Å². The van der Waals surface area contributed by atoms with Crippen LogP contribution in [-0.4, -0.2) is 27.3 Å². The Morgan fingerprint density at radius 3 is 1.80 bits per heavy atom. The van der Waals surface area contributed by atoms with Crippen LogP contribution in [0, 0.1) is 5.41 Å². The van der Waals surface area contributed by atoms with Crippen molar-refractivity contribution in [2.45, 2.75) is 180 Å². The van der Waals surface area contributed by atoms with Crippen molar-refractivity contribution >= 4 is 0 Å². The van der Waals surface area contributed by atoms with Gasteiger partial charge in [0.15, 0.2) is 0 Å². The lowest BCUT2D eigenvalue weighted by Gasteiger charge is -2.47. The van der Waals surface area contributed by atoms with Crippen LogP contribution < -0.4 is 5.84 Å². The van der Waals surface area contributed by atoms with Crippen molar-refractivity contribution in [1.29, 1.82) is 0 Å². The Morgan fingerprint density at radius 2 is 1.14 bits per heavy atom. The molecule has 1 heterocycles. The summed E-state index contributed by atoms with van der Waals surface area (Å²) in [5, 5.41) is 2.11. The molecule has 204 valence electrons. The number of nitrogens with zero attached hydrogens (tertiary/aromatic N) is 2. The van der Waals surface area contributed by atoms with E-state index in [9.17, 15) is 0 Å². The van der Waals surface area contributed by atoms with Gasteiger partial charge in [0.2, 0.25) is 0 Å². The van der Waals surface area contributed by atoms with Crippen LogP contribution in [0.15, 0.2) is 11.4 Å². The molecule has 3 atom stereocenters. The summed E-state index contributed by atoms with van der Waals surface area (Å²) in [7, 11) is 0. The number of alkyl halides is 1. The number of hydrogen-bond donors (Lipinski definition) is 1. The lowest BCUT2D eigenvalue weighted by molar-refractivity contribution is 0.0272. The summed E-state index contributed by atoms with van der Waals surface area (Å²) < 4.78 is 15.4. The highest BCUT2D eigenvalue weighted by Gasteiger charge is 2.44. The number of allylic oxidation sites excluding steroid dienone is 2. The topological polar surface area (TPSA) is 32.5 Å². The third kappa shape index (κ3) is 8.11. The molecular weight excluding hydrogens is 433 g/mol. The van der Waals surface area contributed by atoms with Crippen LogP contribution in [0.2, 0.25) is 0 Å². The van der Waals surface area contributed by atoms with Gasteiger partial charge < -0.3 is 4.90 Å². The first-order valence-corrected chi connectivity index (χ1v) is 15.3. The molecule has 2 N–H and O–H groups in total. The molecule has 1 fully saturated rings. The highest BCUT2D eigenvalue weighted by Crippen LogP contribution is 2.45. The summed E-state index contributed by atoms with van der Waals surface area (Å²) in [6.45, 7) is 11.5. The van der Waals surface area contributed by atoms with E-state index in [1.54, 1.807) is 0 Å². The van der Waals surface area contributed by atoms with Gasteiger partial charge in [0, 0.05) is 11.2 Å². The molecule has 3 aliphatic rings. The quantitative estimate of drug-likeness (QED) is 0.371. The molecule has 2 unspecified atom stereocenters. The van der Waals surface area contributed by atoms with E-state index in [0.717, 1.165) is 44.9 Å². The van der Waals surface area contributed by atoms with Gasteiger partial charge in [-0.25, -0.2) is 10.2 Å². The smallest absolute Gasteiger partial charge is 0.113 e. The molecule has 0 spiro atoms. The van der Waals surface area contributed by atoms with Crippen LogP contribution in [0.4, 0.5) is 4.39 Å². The van der Waals surface area contributed by atoms with Crippen LogP contribution >= 0.6 is 0 Å². The van der Waals surface area contributed by atoms with E-state index in [-0.39, 0.29) is 11.7 Å². The molecule has 0 bridgehead atoms. The van der Waals surface area contributed by atoms with Crippen LogP contribution in [-0.2, 0) is 0 Å². The van der Waals surface area contributed by atoms with Crippen LogP contribution in [0.1, 0.15) is 163 Å². The van der Waals surface area contributed by atoms with Crippen LogP contribution in [0.25, 0.3) is 0 Å². The second-order valence-corrected chi connectivity index (χ2v) is 13.6. The second-order valence-electron chi connectivity index (χ2n) is 13.6. The fourth-order valence-electron chi connectivity index (χ4n) is 7.16. The van der Waals surface area contributed by atoms with Gasteiger partial charge in [0.05, 0.1) is 5.70 Å². The Balaban J connectivity index is 1.89. The Labute approximate surface area is 217 Å². The predicted molar refractivity (Wildman–Crippen MR) is 148 cm³/mol. The van der Waals surface area contributed by atoms with E-state index in [1.807, 2.05) is 6.92 Å². The zero-order valence-corrected chi connectivity index (χ0v) is 24.1. The summed E-state index contributed by atoms with van der Waals surface area (Å²) in [4.78, 5) is 2.74. The number of halogens is 1. The van der Waals surface area contributed by atoms with Gasteiger partial charge in [0.25, 0.3) is 0 Å². The average Bonchev–Trinajstić information content (AvgIpc) is 3.01. The Kier molecular flexibility index (Phi) is 10.4. The van der Waals surface area contributed by atoms with Gasteiger partial charge in [-0.2, -0.15) is 0 Å². The van der Waals surface area contributed by atoms with Crippen molar-refractivity contribution in [1.82, 2.24) is 9.91 Å². The standard InChI is InChI=1S/C31H58FN3/c1-26-34(27-18-13-10-8-6-7-9-11-14-19-28(27)35(26)33)31(5)23-17-22-30(4,32)21-16-12-15-20-29(2,3)24-25-31/h26H,6-25,33H2,1-5H3/t26-,30?,31?/m1/s1. The first-order chi connectivity index (χ1) is 16.5. The minimum absolute atomic E-state index is 0.0204. The molecule has 0 aromatic heterocycles. The lowest BCUT2D eigenvalue weighted by Crippen LogP contribution is -2.53. The fraction of sp³-hybridized carbons (Fsp3) is 0.935. The number of nitrogens with two attached hydrogens (primary N) is 1. The van der Waals surface area contributed by atoms with E-state index in [0.29, 0.717) is 11.8 Å². The molecule has 0 aromatic carbocycles. The summed E-state index contributed by atoms with van der Waals surface area (Å²) >= 11 is 0. The monoisotopic (exact) mass is 491 g/mol. The highest BCUT2D eigenvalue weighted by molar-refractivity contribution is 5.22. The zero-order valence-electron chi connectivity index (χ0n) is 24.1. The van der Waals surface area contributed by atoms with E-state index >= 15 is 4.39 Å². The van der Waals surface area contributed by atoms with Crippen molar-refractivity contribution in [2.75, 3.05) is 0 Å². The lowest BCUT2D eigenvalue weighted by atomic mass is 9.76. The summed E-state index contributed by atoms with van der Waals surface area (Å²) in [5.74, 6) is 6.83. The second kappa shape index (κ2) is 12.7. The minimum Gasteiger partial charge on any atom is -0.347 e. The third-order valence-electron chi connectivity index (χ3n) is 9.68. The Bertz CT molecular complexity index is 685. The molecule has 2 aliphatic carbocycles. The highest BCUT2D eigenvalue weighted by atomic mass is 19.1. The number of hydrogen-bond acceptors (Lipinski definition) is 3. The maximum Gasteiger partial charge on any atom is 0.113 e. The summed E-state index contributed by atoms with van der Waals surface area (Å²) in [6, 6.07) is 0. The van der Waals surface area contributed by atoms with Gasteiger partial charge in [-0.1, -0.05) is 71.6 Å². The molecule has 0 aromatic rings. The van der Waals surface area contributed by atoms with Crippen LogP contribution in [0.3, 0.4) is 0 Å². The third-order valence-corrected chi connectivity index (χ3v) is 9.68. The number of rotatable bonds is 1. The van der Waals surface area contributed by atoms with Gasteiger partial charge >= 0.3 is 0 Å². The molecule has 1 aliphatic heterocycles. The first kappa shape index (κ1) is 28.8. The maximum absolute atomic E-state index is 15.4. The average molecular weight is 492 g/mol. The van der Waals surface area contributed by atoms with Gasteiger partial charge in [-0.3, -0.25) is 5.01 Å². The van der Waals surface area contributed by atoms with E-state index in [4.69, 9.17) is 5.84 Å². The molecule has 0 saturated heterocycles. The summed E-state index contributed by atoms with van der Waals surface area (Å²) in [5.41, 5.74) is 2.25. The molecule has 35 heavy (non-hydrogen) atoms. The zero-order chi connectivity index (χ0) is 25.5. The van der Waals surface area contributed by atoms with Crippen molar-refractivity contribution in [2.24, 2.45) is 11.3 Å². The molecule has 0 radical (unpaired) electrons. The molecule has 3 rings (SSSR count). The van der Waals surface area contributed by atoms with E-state index in [1.165, 1.54) is 88.4 Å². The van der Waals surface area contributed by atoms with Crippen molar-refractivity contribution in [3.63, 3.8) is 0 Å². The minimum atomic E-state index is -1.03. The summed E-state index contributed by atoms with van der Waals surface area (Å²) in [6.07, 6.45) is 23.6. The Hall–Kier alpha value is -0.770. The van der Waals surface area contributed by atoms with Crippen LogP contribution in [0.5, 0.6) is 0 Å². The van der Waals surface area contributed by atoms with E-state index in [2.05, 4.69) is 37.6 Å². The van der Waals surface area contributed by atoms with Crippen molar-refractivity contribution in [3.05, 3.63) is 11.4 Å². The largest absolute Gasteiger partial charge is 0.347 e. The van der Waals surface area contributed by atoms with Crippen molar-refractivity contribution < 1.29 is 4.39 Å². The Morgan fingerprint density at radius 1 is 0.629 bits per heavy atom. The van der Waals surface area contributed by atoms with Crippen molar-refractivity contribution in [3.8, 4) is 0 Å². The maximum atomic E-state index is 15.4. The van der Waals surface area contributed by atoms with E-state index < -0.39 is 5.67 Å². The SMILES string of the molecule is C[C@H]1N(N)C2=C(CCCCCCCCCC2)N1C1(C)CCCC(C)(F)CCCCCC(C)(C)CC1. The fourth-order valence-corrected chi connectivity index (χ4v) is 7.16. The van der Waals surface area contributed by atoms with Gasteiger partial charge in [-0.05, 0) is 96.8 Å². The molecule has 1 saturated carbocycles. The first-order valence-electron chi connectivity index (χ1n) is 15.3. The molecule has 4 heteroatoms. The molecular formula is C31H58FN3.